The van der Waals surface area contributed by atoms with Gasteiger partial charge in [0.15, 0.2) is 5.82 Å². The van der Waals surface area contributed by atoms with E-state index >= 15 is 4.39 Å². The van der Waals surface area contributed by atoms with Crippen LogP contribution in [0.4, 0.5) is 10.2 Å². The van der Waals surface area contributed by atoms with Crippen molar-refractivity contribution in [2.75, 3.05) is 18.8 Å². The summed E-state index contributed by atoms with van der Waals surface area (Å²) in [6, 6.07) is 1.52. The molecule has 3 heterocycles. The van der Waals surface area contributed by atoms with E-state index in [-0.39, 0.29) is 28.4 Å². The number of imidazole rings is 1. The molecular weight excluding hydrogens is 433 g/mol. The van der Waals surface area contributed by atoms with Crippen molar-refractivity contribution in [2.45, 2.75) is 46.6 Å². The Bertz CT molecular complexity index is 1200. The standard InChI is InChI=1S/C23H27ClFN5O2/c1-11(2)32-20-15(8-16(24)18(25)17(20)23(31)29-9-12(3)10-29)13(4)22-28-14(5)19-21(26)27-6-7-30(19)22/h6-8,11-13H,9-10H2,1-5H3,(H2,26,27). The number of hydrogen-bond donors (Lipinski definition) is 1. The predicted octanol–water partition coefficient (Wildman–Crippen LogP) is 4.44. The molecule has 0 spiro atoms. The largest absolute Gasteiger partial charge is 0.490 e. The van der Waals surface area contributed by atoms with Gasteiger partial charge in [-0.25, -0.2) is 14.4 Å². The highest BCUT2D eigenvalue weighted by molar-refractivity contribution is 6.31. The minimum absolute atomic E-state index is 0.126. The number of nitrogen functional groups attached to an aromatic ring is 1. The number of nitrogens with zero attached hydrogens (tertiary/aromatic N) is 4. The minimum Gasteiger partial charge on any atom is -0.490 e. The number of hydrogen-bond acceptors (Lipinski definition) is 5. The zero-order valence-corrected chi connectivity index (χ0v) is 19.6. The van der Waals surface area contributed by atoms with Crippen molar-refractivity contribution >= 4 is 28.8 Å². The van der Waals surface area contributed by atoms with Crippen LogP contribution in [0.25, 0.3) is 5.52 Å². The second kappa shape index (κ2) is 8.24. The zero-order chi connectivity index (χ0) is 23.3. The number of rotatable bonds is 5. The van der Waals surface area contributed by atoms with Crippen molar-refractivity contribution in [3.05, 3.63) is 51.9 Å². The number of carbonyl (C=O) groups excluding carboxylic acids is 1. The van der Waals surface area contributed by atoms with Gasteiger partial charge in [-0.3, -0.25) is 9.20 Å². The average Bonchev–Trinajstić information content (AvgIpc) is 3.05. The molecule has 3 aromatic rings. The van der Waals surface area contributed by atoms with E-state index in [1.165, 1.54) is 6.07 Å². The van der Waals surface area contributed by atoms with Crippen molar-refractivity contribution in [2.24, 2.45) is 5.92 Å². The fourth-order valence-corrected chi connectivity index (χ4v) is 4.45. The summed E-state index contributed by atoms with van der Waals surface area (Å²) >= 11 is 6.29. The molecule has 1 aliphatic heterocycles. The first kappa shape index (κ1) is 22.3. The number of halogens is 2. The Morgan fingerprint density at radius 2 is 2.03 bits per heavy atom. The molecule has 1 amide bonds. The third kappa shape index (κ3) is 3.66. The highest BCUT2D eigenvalue weighted by Crippen LogP contribution is 2.41. The molecule has 9 heteroatoms. The molecule has 1 atom stereocenters. The van der Waals surface area contributed by atoms with E-state index in [9.17, 15) is 4.79 Å². The molecular formula is C23H27ClFN5O2. The second-order valence-electron chi connectivity index (χ2n) is 8.76. The zero-order valence-electron chi connectivity index (χ0n) is 18.8. The van der Waals surface area contributed by atoms with Crippen molar-refractivity contribution in [3.63, 3.8) is 0 Å². The smallest absolute Gasteiger partial charge is 0.260 e. The maximum atomic E-state index is 15.2. The Labute approximate surface area is 191 Å². The predicted molar refractivity (Wildman–Crippen MR) is 122 cm³/mol. The summed E-state index contributed by atoms with van der Waals surface area (Å²) in [6.07, 6.45) is 3.10. The molecule has 1 saturated heterocycles. The molecule has 170 valence electrons. The normalized spacial score (nSPS) is 15.3. The summed E-state index contributed by atoms with van der Waals surface area (Å²) < 4.78 is 23.1. The van der Waals surface area contributed by atoms with Crippen LogP contribution in [0, 0.1) is 18.7 Å². The lowest BCUT2D eigenvalue weighted by molar-refractivity contribution is 0.0519. The lowest BCUT2D eigenvalue weighted by Gasteiger charge is -2.38. The summed E-state index contributed by atoms with van der Waals surface area (Å²) in [6.45, 7) is 10.6. The molecule has 32 heavy (non-hydrogen) atoms. The van der Waals surface area contributed by atoms with Gasteiger partial charge in [-0.15, -0.1) is 0 Å². The van der Waals surface area contributed by atoms with Gasteiger partial charge in [0.05, 0.1) is 16.8 Å². The number of likely N-dealkylation sites (tertiary alicyclic amines) is 1. The number of aromatic nitrogens is 3. The summed E-state index contributed by atoms with van der Waals surface area (Å²) in [7, 11) is 0. The highest BCUT2D eigenvalue weighted by atomic mass is 35.5. The highest BCUT2D eigenvalue weighted by Gasteiger charge is 2.35. The lowest BCUT2D eigenvalue weighted by Crippen LogP contribution is -2.49. The fraction of sp³-hybridized carbons (Fsp3) is 0.435. The van der Waals surface area contributed by atoms with Gasteiger partial charge in [-0.05, 0) is 32.8 Å². The number of fused-ring (bicyclic) bond motifs is 1. The van der Waals surface area contributed by atoms with Crippen LogP contribution < -0.4 is 10.5 Å². The van der Waals surface area contributed by atoms with Crippen molar-refractivity contribution in [1.82, 2.24) is 19.3 Å². The van der Waals surface area contributed by atoms with E-state index in [0.29, 0.717) is 41.7 Å². The van der Waals surface area contributed by atoms with Gasteiger partial charge in [-0.2, -0.15) is 0 Å². The van der Waals surface area contributed by atoms with Crippen LogP contribution in [0.15, 0.2) is 18.5 Å². The number of carbonyl (C=O) groups is 1. The average molecular weight is 460 g/mol. The molecule has 1 unspecified atom stereocenters. The van der Waals surface area contributed by atoms with E-state index in [2.05, 4.69) is 4.98 Å². The molecule has 0 radical (unpaired) electrons. The van der Waals surface area contributed by atoms with Gasteiger partial charge < -0.3 is 15.4 Å². The Kier molecular flexibility index (Phi) is 5.75. The summed E-state index contributed by atoms with van der Waals surface area (Å²) in [4.78, 5) is 23.7. The van der Waals surface area contributed by atoms with Crippen LogP contribution in [-0.2, 0) is 0 Å². The summed E-state index contributed by atoms with van der Waals surface area (Å²) in [5, 5.41) is -0.126. The van der Waals surface area contributed by atoms with Crippen LogP contribution in [0.5, 0.6) is 5.75 Å². The van der Waals surface area contributed by atoms with E-state index in [0.717, 1.165) is 5.69 Å². The number of benzene rings is 1. The molecule has 2 aromatic heterocycles. The van der Waals surface area contributed by atoms with Gasteiger partial charge in [0.25, 0.3) is 5.91 Å². The first-order valence-corrected chi connectivity index (χ1v) is 11.0. The number of amides is 1. The van der Waals surface area contributed by atoms with E-state index in [4.69, 9.17) is 27.1 Å². The lowest BCUT2D eigenvalue weighted by atomic mass is 9.94. The van der Waals surface area contributed by atoms with Crippen LogP contribution in [0.2, 0.25) is 5.02 Å². The molecule has 1 aromatic carbocycles. The molecule has 2 N–H and O–H groups in total. The van der Waals surface area contributed by atoms with Crippen LogP contribution in [-0.4, -0.2) is 44.4 Å². The van der Waals surface area contributed by atoms with E-state index in [1.807, 2.05) is 39.0 Å². The topological polar surface area (TPSA) is 85.8 Å². The Hall–Kier alpha value is -2.87. The summed E-state index contributed by atoms with van der Waals surface area (Å²) in [5.41, 5.74) is 7.96. The van der Waals surface area contributed by atoms with Crippen LogP contribution in [0.3, 0.4) is 0 Å². The van der Waals surface area contributed by atoms with E-state index in [1.54, 1.807) is 17.3 Å². The maximum Gasteiger partial charge on any atom is 0.260 e. The third-order valence-electron chi connectivity index (χ3n) is 5.76. The number of nitrogens with two attached hydrogens (primary N) is 1. The molecule has 7 nitrogen and oxygen atoms in total. The first-order valence-electron chi connectivity index (χ1n) is 10.7. The monoisotopic (exact) mass is 459 g/mol. The Morgan fingerprint density at radius 1 is 1.34 bits per heavy atom. The van der Waals surface area contributed by atoms with Gasteiger partial charge in [0, 0.05) is 37.0 Å². The molecule has 4 rings (SSSR count). The first-order chi connectivity index (χ1) is 15.1. The van der Waals surface area contributed by atoms with Gasteiger partial charge >= 0.3 is 0 Å². The Morgan fingerprint density at radius 3 is 2.66 bits per heavy atom. The third-order valence-corrected chi connectivity index (χ3v) is 6.03. The molecule has 0 bridgehead atoms. The van der Waals surface area contributed by atoms with Gasteiger partial charge in [0.1, 0.15) is 28.5 Å². The van der Waals surface area contributed by atoms with Crippen molar-refractivity contribution in [3.8, 4) is 5.75 Å². The molecule has 1 aliphatic rings. The molecule has 0 aliphatic carbocycles. The van der Waals surface area contributed by atoms with Gasteiger partial charge in [-0.1, -0.05) is 25.4 Å². The second-order valence-corrected chi connectivity index (χ2v) is 9.16. The van der Waals surface area contributed by atoms with Crippen molar-refractivity contribution < 1.29 is 13.9 Å². The number of ether oxygens (including phenoxy) is 1. The maximum absolute atomic E-state index is 15.2. The quantitative estimate of drug-likeness (QED) is 0.609. The van der Waals surface area contributed by atoms with Gasteiger partial charge in [0.2, 0.25) is 0 Å². The van der Waals surface area contributed by atoms with Crippen LogP contribution >= 0.6 is 11.6 Å². The fourth-order valence-electron chi connectivity index (χ4n) is 4.24. The van der Waals surface area contributed by atoms with Crippen molar-refractivity contribution in [1.29, 1.82) is 0 Å². The number of anilines is 1. The SMILES string of the molecule is Cc1nc(C(C)c2cc(Cl)c(F)c(C(=O)N3CC(C)C3)c2OC(C)C)n2ccnc(N)c12. The van der Waals surface area contributed by atoms with E-state index < -0.39 is 11.7 Å². The summed E-state index contributed by atoms with van der Waals surface area (Å²) in [5.74, 6) is 0.0769. The Balaban J connectivity index is 1.90. The number of aryl methyl sites for hydroxylation is 1. The van der Waals surface area contributed by atoms with Crippen LogP contribution in [0.1, 0.15) is 61.1 Å². The molecule has 0 saturated carbocycles. The molecule has 1 fully saturated rings. The minimum atomic E-state index is -0.763.